The van der Waals surface area contributed by atoms with Gasteiger partial charge in [0.2, 0.25) is 5.88 Å². The third-order valence-electron chi connectivity index (χ3n) is 6.88. The lowest BCUT2D eigenvalue weighted by Gasteiger charge is -2.33. The topological polar surface area (TPSA) is 106 Å². The van der Waals surface area contributed by atoms with Gasteiger partial charge in [-0.25, -0.2) is 24.6 Å². The predicted molar refractivity (Wildman–Crippen MR) is 145 cm³/mol. The molecule has 38 heavy (non-hydrogen) atoms. The number of ether oxygens (including phenoxy) is 2. The highest BCUT2D eigenvalue weighted by Crippen LogP contribution is 2.34. The van der Waals surface area contributed by atoms with Gasteiger partial charge in [-0.1, -0.05) is 0 Å². The molecule has 2 aliphatic rings. The van der Waals surface area contributed by atoms with E-state index in [0.717, 1.165) is 54.4 Å². The summed E-state index contributed by atoms with van der Waals surface area (Å²) < 4.78 is 14.2. The van der Waals surface area contributed by atoms with Crippen molar-refractivity contribution in [1.82, 2.24) is 34.6 Å². The molecule has 2 aliphatic heterocycles. The van der Waals surface area contributed by atoms with Crippen LogP contribution in [0.5, 0.6) is 11.6 Å². The molecule has 4 aromatic heterocycles. The van der Waals surface area contributed by atoms with E-state index in [1.54, 1.807) is 23.1 Å². The zero-order valence-corrected chi connectivity index (χ0v) is 21.8. The summed E-state index contributed by atoms with van der Waals surface area (Å²) in [6.45, 7) is 6.53. The van der Waals surface area contributed by atoms with Gasteiger partial charge in [0.05, 0.1) is 18.9 Å². The van der Waals surface area contributed by atoms with Crippen LogP contribution in [0.4, 0.5) is 17.5 Å². The number of pyridine rings is 2. The van der Waals surface area contributed by atoms with E-state index in [1.807, 2.05) is 32.4 Å². The second-order valence-electron chi connectivity index (χ2n) is 9.70. The first-order chi connectivity index (χ1) is 18.5. The van der Waals surface area contributed by atoms with Crippen molar-refractivity contribution in [3.05, 3.63) is 49.1 Å². The van der Waals surface area contributed by atoms with Crippen LogP contribution in [0.25, 0.3) is 22.5 Å². The van der Waals surface area contributed by atoms with Crippen molar-refractivity contribution in [1.29, 1.82) is 0 Å². The fourth-order valence-corrected chi connectivity index (χ4v) is 4.62. The molecule has 1 saturated heterocycles. The summed E-state index contributed by atoms with van der Waals surface area (Å²) >= 11 is 0. The molecule has 6 heterocycles. The highest BCUT2D eigenvalue weighted by Gasteiger charge is 2.20. The molecule has 6 rings (SSSR count). The van der Waals surface area contributed by atoms with Gasteiger partial charge in [-0.05, 0) is 32.2 Å². The molecular weight excluding hydrogens is 482 g/mol. The lowest BCUT2D eigenvalue weighted by molar-refractivity contribution is 0.173. The normalized spacial score (nSPS) is 18.0. The van der Waals surface area contributed by atoms with Crippen molar-refractivity contribution in [3.63, 3.8) is 0 Å². The fraction of sp³-hybridized carbons (Fsp3) is 0.370. The SMILES string of the molecule is C[C@H]1CCOc2c(cnn2C)-c2nccc(n2)Nc2cc(c(-c3ccc(N4CCN(C)CC4)nc3)cn2)O1. The van der Waals surface area contributed by atoms with Crippen molar-refractivity contribution in [3.8, 4) is 34.1 Å². The first-order valence-corrected chi connectivity index (χ1v) is 12.9. The zero-order valence-electron chi connectivity index (χ0n) is 21.8. The van der Waals surface area contributed by atoms with Gasteiger partial charge in [0.15, 0.2) is 5.82 Å². The molecule has 4 bridgehead atoms. The largest absolute Gasteiger partial charge is 0.490 e. The van der Waals surface area contributed by atoms with Crippen molar-refractivity contribution in [2.45, 2.75) is 19.4 Å². The van der Waals surface area contributed by atoms with E-state index in [-0.39, 0.29) is 6.10 Å². The summed E-state index contributed by atoms with van der Waals surface area (Å²) in [7, 11) is 3.99. The summed E-state index contributed by atoms with van der Waals surface area (Å²) in [5, 5.41) is 7.63. The summed E-state index contributed by atoms with van der Waals surface area (Å²) in [5.74, 6) is 4.10. The van der Waals surface area contributed by atoms with Crippen LogP contribution in [0.15, 0.2) is 49.1 Å². The molecule has 1 fully saturated rings. The number of aryl methyl sites for hydroxylation is 1. The molecule has 0 saturated carbocycles. The number of hydrogen-bond acceptors (Lipinski definition) is 10. The Morgan fingerprint density at radius 1 is 0.921 bits per heavy atom. The van der Waals surface area contributed by atoms with Crippen LogP contribution in [0.2, 0.25) is 0 Å². The maximum absolute atomic E-state index is 6.44. The molecule has 0 amide bonds. The number of anilines is 3. The first kappa shape index (κ1) is 24.1. The highest BCUT2D eigenvalue weighted by molar-refractivity contribution is 5.73. The van der Waals surface area contributed by atoms with Crippen molar-refractivity contribution in [2.24, 2.45) is 7.05 Å². The molecule has 1 N–H and O–H groups in total. The number of rotatable bonds is 2. The van der Waals surface area contributed by atoms with Crippen LogP contribution in [-0.4, -0.2) is 80.6 Å². The highest BCUT2D eigenvalue weighted by atomic mass is 16.5. The molecule has 0 aromatic carbocycles. The number of nitrogens with one attached hydrogen (secondary N) is 1. The van der Waals surface area contributed by atoms with E-state index >= 15 is 0 Å². The number of nitrogens with zero attached hydrogens (tertiary/aromatic N) is 8. The van der Waals surface area contributed by atoms with E-state index in [4.69, 9.17) is 14.5 Å². The van der Waals surface area contributed by atoms with Gasteiger partial charge in [0.1, 0.15) is 28.8 Å². The summed E-state index contributed by atoms with van der Waals surface area (Å²) in [6.07, 6.45) is 7.72. The quantitative estimate of drug-likeness (QED) is 0.429. The van der Waals surface area contributed by atoms with Crippen LogP contribution in [0.1, 0.15) is 13.3 Å². The van der Waals surface area contributed by atoms with Crippen molar-refractivity contribution >= 4 is 17.5 Å². The maximum Gasteiger partial charge on any atom is 0.222 e. The molecule has 11 heteroatoms. The fourth-order valence-electron chi connectivity index (χ4n) is 4.62. The number of fused-ring (bicyclic) bond motifs is 6. The van der Waals surface area contributed by atoms with Gasteiger partial charge in [-0.15, -0.1) is 0 Å². The molecule has 11 nitrogen and oxygen atoms in total. The Balaban J connectivity index is 1.31. The Morgan fingerprint density at radius 2 is 1.79 bits per heavy atom. The molecule has 196 valence electrons. The average Bonchev–Trinajstić information content (AvgIpc) is 3.29. The predicted octanol–water partition coefficient (Wildman–Crippen LogP) is 3.38. The second-order valence-corrected chi connectivity index (χ2v) is 9.70. The van der Waals surface area contributed by atoms with E-state index in [0.29, 0.717) is 36.4 Å². The van der Waals surface area contributed by atoms with Gasteiger partial charge >= 0.3 is 0 Å². The van der Waals surface area contributed by atoms with E-state index < -0.39 is 0 Å². The Labute approximate surface area is 221 Å². The third kappa shape index (κ3) is 4.97. The van der Waals surface area contributed by atoms with Gasteiger partial charge in [0.25, 0.3) is 0 Å². The van der Waals surface area contributed by atoms with Crippen LogP contribution in [-0.2, 0) is 7.05 Å². The summed E-state index contributed by atoms with van der Waals surface area (Å²) in [5.41, 5.74) is 2.56. The summed E-state index contributed by atoms with van der Waals surface area (Å²) in [4.78, 5) is 23.2. The van der Waals surface area contributed by atoms with Gasteiger partial charge in [-0.3, -0.25) is 0 Å². The number of piperazine rings is 1. The lowest BCUT2D eigenvalue weighted by atomic mass is 10.1. The standard InChI is InChI=1S/C27H31N9O2/c1-18-7-13-37-27-21(17-31-35(27)3)26-28-8-6-23(33-26)32-24-14-22(38-18)20(16-29-24)19-4-5-25(30-15-19)36-11-9-34(2)10-12-36/h4-6,8,14-18H,7,9-13H2,1-3H3,(H,28,29,32,33)/t18-/m0/s1. The molecule has 0 radical (unpaired) electrons. The minimum atomic E-state index is -0.102. The average molecular weight is 514 g/mol. The van der Waals surface area contributed by atoms with E-state index in [9.17, 15) is 0 Å². The molecule has 0 spiro atoms. The third-order valence-corrected chi connectivity index (χ3v) is 6.88. The molecule has 1 atom stereocenters. The number of likely N-dealkylation sites (N-methyl/N-ethyl adjacent to an activating group) is 1. The van der Waals surface area contributed by atoms with Gasteiger partial charge in [-0.2, -0.15) is 5.10 Å². The minimum Gasteiger partial charge on any atom is -0.490 e. The van der Waals surface area contributed by atoms with Gasteiger partial charge < -0.3 is 24.6 Å². The monoisotopic (exact) mass is 513 g/mol. The molecular formula is C27H31N9O2. The van der Waals surface area contributed by atoms with E-state index in [1.165, 1.54) is 0 Å². The maximum atomic E-state index is 6.44. The number of aromatic nitrogens is 6. The molecule has 0 unspecified atom stereocenters. The Kier molecular flexibility index (Phi) is 6.50. The molecule has 0 aliphatic carbocycles. The molecule has 4 aromatic rings. The van der Waals surface area contributed by atoms with E-state index in [2.05, 4.69) is 54.3 Å². The van der Waals surface area contributed by atoms with Crippen molar-refractivity contribution in [2.75, 3.05) is 50.1 Å². The Hall–Kier alpha value is -4.25. The van der Waals surface area contributed by atoms with Crippen LogP contribution in [0.3, 0.4) is 0 Å². The zero-order chi connectivity index (χ0) is 26.1. The Morgan fingerprint density at radius 3 is 2.61 bits per heavy atom. The lowest BCUT2D eigenvalue weighted by Crippen LogP contribution is -2.44. The summed E-state index contributed by atoms with van der Waals surface area (Å²) in [6, 6.07) is 7.87. The van der Waals surface area contributed by atoms with Crippen molar-refractivity contribution < 1.29 is 9.47 Å². The van der Waals surface area contributed by atoms with Crippen LogP contribution in [0, 0.1) is 0 Å². The minimum absolute atomic E-state index is 0.102. The number of hydrogen-bond donors (Lipinski definition) is 1. The van der Waals surface area contributed by atoms with Crippen LogP contribution >= 0.6 is 0 Å². The smallest absolute Gasteiger partial charge is 0.222 e. The Bertz CT molecular complexity index is 1410. The van der Waals surface area contributed by atoms with Gasteiger partial charge in [0, 0.05) is 75.4 Å². The second kappa shape index (κ2) is 10.3. The first-order valence-electron chi connectivity index (χ1n) is 12.9. The van der Waals surface area contributed by atoms with Crippen LogP contribution < -0.4 is 19.7 Å².